The van der Waals surface area contributed by atoms with Crippen LogP contribution < -0.4 is 0 Å². The van der Waals surface area contributed by atoms with E-state index < -0.39 is 17.5 Å². The number of carbonyl (C=O) groups is 1. The average Bonchev–Trinajstić information content (AvgIpc) is 1.98. The van der Waals surface area contributed by atoms with Crippen LogP contribution in [0.25, 0.3) is 0 Å². The number of hydrogen-bond donors (Lipinski definition) is 3. The van der Waals surface area contributed by atoms with Gasteiger partial charge in [-0.1, -0.05) is 0 Å². The van der Waals surface area contributed by atoms with Crippen LogP contribution in [0, 0.1) is 0 Å². The summed E-state index contributed by atoms with van der Waals surface area (Å²) in [5.74, 6) is -2.19. The molecule has 0 heterocycles. The van der Waals surface area contributed by atoms with Gasteiger partial charge in [0.25, 0.3) is 0 Å². The van der Waals surface area contributed by atoms with E-state index in [2.05, 4.69) is 0 Å². The third kappa shape index (κ3) is 4.12. The molecule has 0 rings (SSSR count). The lowest BCUT2D eigenvalue weighted by Crippen LogP contribution is -2.08. The molecule has 3 N–H and O–H groups in total. The normalized spacial score (nSPS) is 12.9. The van der Waals surface area contributed by atoms with Crippen LogP contribution in [0.1, 0.15) is 6.42 Å². The van der Waals surface area contributed by atoms with E-state index in [1.807, 2.05) is 12.5 Å². The molecule has 0 radical (unpaired) electrons. The summed E-state index contributed by atoms with van der Waals surface area (Å²) in [5.41, 5.74) is 0. The van der Waals surface area contributed by atoms with Crippen LogP contribution >= 0.6 is 0 Å². The van der Waals surface area contributed by atoms with Crippen molar-refractivity contribution in [2.75, 3.05) is 18.3 Å². The lowest BCUT2D eigenvalue weighted by atomic mass is 10.3. The van der Waals surface area contributed by atoms with Gasteiger partial charge in [0.2, 0.25) is 5.76 Å². The van der Waals surface area contributed by atoms with Crippen LogP contribution in [-0.2, 0) is 15.7 Å². The van der Waals surface area contributed by atoms with Crippen LogP contribution in [0.4, 0.5) is 0 Å². The summed E-state index contributed by atoms with van der Waals surface area (Å²) in [6, 6.07) is 0. The number of rotatable bonds is 4. The van der Waals surface area contributed by atoms with Crippen molar-refractivity contribution in [3.63, 3.8) is 0 Å². The zero-order chi connectivity index (χ0) is 9.72. The smallest absolute Gasteiger partial charge is 0.374 e. The topological polar surface area (TPSA) is 77.8 Å². The molecule has 0 aromatic heterocycles. The van der Waals surface area contributed by atoms with Crippen molar-refractivity contribution >= 4 is 16.9 Å². The highest BCUT2D eigenvalue weighted by molar-refractivity contribution is 7.95. The molecule has 0 atom stereocenters. The average molecular weight is 193 g/mol. The summed E-state index contributed by atoms with van der Waals surface area (Å²) < 4.78 is 0. The number of aliphatic hydroxyl groups is 2. The number of allylic oxidation sites excluding steroid dienone is 1. The Morgan fingerprint density at radius 2 is 1.75 bits per heavy atom. The molecule has 0 aliphatic carbocycles. The number of hydrogen-bond acceptors (Lipinski definition) is 3. The van der Waals surface area contributed by atoms with Crippen LogP contribution in [0.15, 0.2) is 11.5 Å². The molecule has 0 unspecified atom stereocenters. The largest absolute Gasteiger partial charge is 0.508 e. The fourth-order valence-electron chi connectivity index (χ4n) is 0.543. The fraction of sp³-hybridized carbons (Fsp3) is 0.571. The van der Waals surface area contributed by atoms with Crippen molar-refractivity contribution in [1.29, 1.82) is 0 Å². The van der Waals surface area contributed by atoms with Crippen molar-refractivity contribution in [3.05, 3.63) is 11.5 Å². The molecule has 0 amide bonds. The highest BCUT2D eigenvalue weighted by atomic mass is 32.2. The maximum atomic E-state index is 10.1. The van der Waals surface area contributed by atoms with Crippen LogP contribution in [0.3, 0.4) is 0 Å². The monoisotopic (exact) mass is 193 g/mol. The fourth-order valence-corrected chi connectivity index (χ4v) is 1.14. The van der Waals surface area contributed by atoms with E-state index in [0.717, 1.165) is 0 Å². The third-order valence-electron chi connectivity index (χ3n) is 1.22. The molecule has 0 aliphatic heterocycles. The van der Waals surface area contributed by atoms with Crippen LogP contribution in [-0.4, -0.2) is 39.6 Å². The van der Waals surface area contributed by atoms with Gasteiger partial charge in [0.1, 0.15) is 11.5 Å². The number of aliphatic hydroxyl groups excluding tert-OH is 2. The maximum absolute atomic E-state index is 10.1. The zero-order valence-corrected chi connectivity index (χ0v) is 7.89. The second-order valence-corrected chi connectivity index (χ2v) is 4.92. The van der Waals surface area contributed by atoms with Crippen molar-refractivity contribution in [2.45, 2.75) is 6.42 Å². The van der Waals surface area contributed by atoms with Crippen LogP contribution in [0.2, 0.25) is 0 Å². The van der Waals surface area contributed by atoms with Gasteiger partial charge in [0.05, 0.1) is 18.9 Å². The van der Waals surface area contributed by atoms with E-state index in [1.165, 1.54) is 0 Å². The molecular weight excluding hydrogens is 180 g/mol. The summed E-state index contributed by atoms with van der Waals surface area (Å²) >= 11 is 0. The molecule has 0 aliphatic rings. The number of carboxylic acid groups (broad SMARTS) is 1. The third-order valence-corrected chi connectivity index (χ3v) is 2.24. The molecule has 0 saturated carbocycles. The number of carboxylic acids is 1. The summed E-state index contributed by atoms with van der Waals surface area (Å²) in [7, 11) is 0.136. The van der Waals surface area contributed by atoms with Crippen LogP contribution in [0.5, 0.6) is 0 Å². The first-order valence-corrected chi connectivity index (χ1v) is 5.54. The van der Waals surface area contributed by atoms with Gasteiger partial charge in [-0.3, -0.25) is 0 Å². The van der Waals surface area contributed by atoms with E-state index in [-0.39, 0.29) is 17.3 Å². The minimum Gasteiger partial charge on any atom is -0.508 e. The Hall–Kier alpha value is -0.840. The SMILES string of the molecule is C[S+](C)CC/C(O)=C(/O)C(=O)O. The minimum absolute atomic E-state index is 0.136. The summed E-state index contributed by atoms with van der Waals surface area (Å²) in [5, 5.41) is 26.0. The Bertz CT molecular complexity index is 198. The molecule has 0 spiro atoms. The van der Waals surface area contributed by atoms with E-state index >= 15 is 0 Å². The quantitative estimate of drug-likeness (QED) is 0.348. The van der Waals surface area contributed by atoms with E-state index in [4.69, 9.17) is 15.3 Å². The summed E-state index contributed by atoms with van der Waals surface area (Å²) in [6.45, 7) is 0. The summed E-state index contributed by atoms with van der Waals surface area (Å²) in [6.07, 6.45) is 4.17. The predicted molar refractivity (Wildman–Crippen MR) is 48.6 cm³/mol. The molecule has 0 bridgehead atoms. The van der Waals surface area contributed by atoms with Gasteiger partial charge < -0.3 is 15.3 Å². The standard InChI is InChI=1S/C7H12O4S/c1-12(2)4-3-5(8)6(9)7(10)11/h3-4H2,1-2H3,(H2-,8,9,10,11)/p+1/b6-5-. The van der Waals surface area contributed by atoms with E-state index in [0.29, 0.717) is 5.75 Å². The Morgan fingerprint density at radius 1 is 1.25 bits per heavy atom. The van der Waals surface area contributed by atoms with Crippen molar-refractivity contribution in [1.82, 2.24) is 0 Å². The molecule has 0 aromatic carbocycles. The minimum atomic E-state index is -1.49. The first-order chi connectivity index (χ1) is 5.45. The van der Waals surface area contributed by atoms with Gasteiger partial charge in [-0.25, -0.2) is 4.79 Å². The van der Waals surface area contributed by atoms with Gasteiger partial charge in [-0.2, -0.15) is 0 Å². The Morgan fingerprint density at radius 3 is 2.08 bits per heavy atom. The molecule has 4 nitrogen and oxygen atoms in total. The molecule has 0 aromatic rings. The molecular formula is C7H13O4S+. The molecule has 0 fully saturated rings. The van der Waals surface area contributed by atoms with Crippen molar-refractivity contribution in [3.8, 4) is 0 Å². The van der Waals surface area contributed by atoms with Crippen molar-refractivity contribution < 1.29 is 20.1 Å². The summed E-state index contributed by atoms with van der Waals surface area (Å²) in [4.78, 5) is 10.1. The first-order valence-electron chi connectivity index (χ1n) is 3.33. The maximum Gasteiger partial charge on any atom is 0.374 e. The van der Waals surface area contributed by atoms with Gasteiger partial charge in [0, 0.05) is 0 Å². The van der Waals surface area contributed by atoms with Crippen molar-refractivity contribution in [2.24, 2.45) is 0 Å². The second kappa shape index (κ2) is 4.92. The predicted octanol–water partition coefficient (Wildman–Crippen LogP) is 0.667. The Labute approximate surface area is 73.9 Å². The Kier molecular flexibility index (Phi) is 4.58. The second-order valence-electron chi connectivity index (χ2n) is 2.54. The lowest BCUT2D eigenvalue weighted by molar-refractivity contribution is -0.135. The molecule has 70 valence electrons. The highest BCUT2D eigenvalue weighted by Crippen LogP contribution is 2.04. The van der Waals surface area contributed by atoms with Gasteiger partial charge in [-0.15, -0.1) is 0 Å². The molecule has 5 heteroatoms. The molecule has 12 heavy (non-hydrogen) atoms. The van der Waals surface area contributed by atoms with Gasteiger partial charge >= 0.3 is 5.97 Å². The van der Waals surface area contributed by atoms with Gasteiger partial charge in [-0.05, 0) is 10.9 Å². The van der Waals surface area contributed by atoms with Gasteiger partial charge in [0.15, 0.2) is 0 Å². The zero-order valence-electron chi connectivity index (χ0n) is 7.07. The van der Waals surface area contributed by atoms with E-state index in [9.17, 15) is 4.79 Å². The Balaban J connectivity index is 4.09. The first kappa shape index (κ1) is 11.2. The van der Waals surface area contributed by atoms with E-state index in [1.54, 1.807) is 0 Å². The molecule has 0 saturated heterocycles. The highest BCUT2D eigenvalue weighted by Gasteiger charge is 2.13. The lowest BCUT2D eigenvalue weighted by Gasteiger charge is -1.99. The number of aliphatic carboxylic acids is 1.